The predicted molar refractivity (Wildman–Crippen MR) is 266 cm³/mol. The molecule has 2 heterocycles. The van der Waals surface area contributed by atoms with Gasteiger partial charge >= 0.3 is 11.9 Å². The molecule has 1 fully saturated rings. The molecule has 74 heavy (non-hydrogen) atoms. The van der Waals surface area contributed by atoms with E-state index in [9.17, 15) is 68.4 Å². The highest BCUT2D eigenvalue weighted by molar-refractivity contribution is 5.99. The number of aliphatic hydroxyl groups is 1. The summed E-state index contributed by atoms with van der Waals surface area (Å²) in [7, 11) is 0. The molecule has 0 aliphatic carbocycles. The van der Waals surface area contributed by atoms with E-state index in [1.807, 2.05) is 0 Å². The van der Waals surface area contributed by atoms with Gasteiger partial charge in [-0.25, -0.2) is 9.78 Å². The second kappa shape index (κ2) is 28.9. The van der Waals surface area contributed by atoms with Gasteiger partial charge in [-0.05, 0) is 67.1 Å². The molecular weight excluding hydrogens is 967 g/mol. The summed E-state index contributed by atoms with van der Waals surface area (Å²) < 4.78 is 0. The summed E-state index contributed by atoms with van der Waals surface area (Å²) in [5, 5.41) is 57.3. The summed E-state index contributed by atoms with van der Waals surface area (Å²) in [6.45, 7) is 12.8. The number of aliphatic carboxylic acids is 2. The van der Waals surface area contributed by atoms with Crippen LogP contribution in [0.25, 0.3) is 0 Å². The number of imidazole rings is 1. The zero-order chi connectivity index (χ0) is 55.6. The van der Waals surface area contributed by atoms with Crippen LogP contribution in [0, 0.1) is 23.7 Å². The fraction of sp³-hybridized carbons (Fsp3) is 0.612. The van der Waals surface area contributed by atoms with Crippen molar-refractivity contribution in [1.29, 1.82) is 0 Å². The van der Waals surface area contributed by atoms with E-state index in [0.717, 1.165) is 0 Å². The van der Waals surface area contributed by atoms with E-state index in [2.05, 4.69) is 47.2 Å². The van der Waals surface area contributed by atoms with Crippen molar-refractivity contribution >= 4 is 59.2 Å². The highest BCUT2D eigenvalue weighted by Gasteiger charge is 2.40. The summed E-state index contributed by atoms with van der Waals surface area (Å²) in [4.78, 5) is 142. The maximum absolute atomic E-state index is 14.1. The second-order valence-corrected chi connectivity index (χ2v) is 20.1. The maximum Gasteiger partial charge on any atom is 0.326 e. The number of nitrogens with two attached hydrogens (primary N) is 1. The van der Waals surface area contributed by atoms with Crippen LogP contribution in [0.3, 0.4) is 0 Å². The molecule has 1 saturated heterocycles. The molecule has 14 N–H and O–H groups in total. The van der Waals surface area contributed by atoms with Crippen molar-refractivity contribution in [3.05, 3.63) is 48.0 Å². The lowest BCUT2D eigenvalue weighted by atomic mass is 9.97. The average Bonchev–Trinajstić information content (AvgIpc) is 4.03. The van der Waals surface area contributed by atoms with Crippen LogP contribution in [0.2, 0.25) is 0 Å². The molecule has 2 aromatic rings. The average molecular weight is 1040 g/mol. The quantitative estimate of drug-likeness (QED) is 0.0444. The number of H-pyrrole nitrogens is 1. The van der Waals surface area contributed by atoms with E-state index in [1.165, 1.54) is 41.7 Å². The fourth-order valence-electron chi connectivity index (χ4n) is 8.20. The first-order chi connectivity index (χ1) is 34.7. The molecule has 1 aliphatic rings. The molecular formula is C49H75N11O14. The number of nitrogens with one attached hydrogen (secondary N) is 8. The lowest BCUT2D eigenvalue weighted by molar-refractivity contribution is -0.143. The van der Waals surface area contributed by atoms with Crippen molar-refractivity contribution in [3.63, 3.8) is 0 Å². The second-order valence-electron chi connectivity index (χ2n) is 20.1. The monoisotopic (exact) mass is 1040 g/mol. The standard InChI is InChI=1S/C49H75N11O14/c1-24(2)16-32(41(65)56-35(49(73)74)17-25(3)4)55-46(70)39(26(5)6)59-47(71)40(27(7)8)58-44(68)36(22-61)57-42(66)33(18-28-11-13-30(62)14-12-28)53-43(67)34(20-38(63)64)54-45(69)37-10-9-15-60(37)48(72)31(50)19-29-21-51-23-52-29/h11-14,21,23-27,31-37,39-40,61-62H,9-10,15-20,22,50H2,1-8H3,(H,51,52)(H,53,67)(H,54,69)(H,55,70)(H,56,65)(H,57,66)(H,58,68)(H,59,71)(H,63,64)(H,73,74)/t31-,32-,33-,34-,35-,36-,37-,39-,40-/m0/s1. The molecule has 1 aliphatic heterocycles. The number of nitrogens with zero attached hydrogens (tertiary/aromatic N) is 2. The summed E-state index contributed by atoms with van der Waals surface area (Å²) in [5.74, 6) is -11.3. The Morgan fingerprint density at radius 2 is 1.16 bits per heavy atom. The van der Waals surface area contributed by atoms with Gasteiger partial charge in [-0.3, -0.25) is 43.2 Å². The highest BCUT2D eigenvalue weighted by atomic mass is 16.4. The Kier molecular flexibility index (Phi) is 23.9. The number of likely N-dealkylation sites (tertiary alicyclic amines) is 1. The first-order valence-corrected chi connectivity index (χ1v) is 24.7. The van der Waals surface area contributed by atoms with Crippen LogP contribution in [0.4, 0.5) is 0 Å². The van der Waals surface area contributed by atoms with Gasteiger partial charge in [0.05, 0.1) is 25.4 Å². The molecule has 1 aromatic heterocycles. The van der Waals surface area contributed by atoms with Crippen LogP contribution >= 0.6 is 0 Å². The molecule has 410 valence electrons. The molecule has 0 spiro atoms. The molecule has 8 amide bonds. The Balaban J connectivity index is 1.80. The Hall–Kier alpha value is -7.15. The number of aromatic amines is 1. The number of benzene rings is 1. The van der Waals surface area contributed by atoms with Crippen LogP contribution in [-0.4, -0.2) is 162 Å². The predicted octanol–water partition coefficient (Wildman–Crippen LogP) is -1.43. The fourth-order valence-corrected chi connectivity index (χ4v) is 8.20. The highest BCUT2D eigenvalue weighted by Crippen LogP contribution is 2.20. The maximum atomic E-state index is 14.1. The zero-order valence-electron chi connectivity index (χ0n) is 43.2. The molecule has 0 saturated carbocycles. The number of phenolic OH excluding ortho intramolecular Hbond substituents is 1. The van der Waals surface area contributed by atoms with E-state index in [4.69, 9.17) is 5.73 Å². The number of carboxylic acid groups (broad SMARTS) is 2. The number of rotatable bonds is 29. The van der Waals surface area contributed by atoms with Gasteiger partial charge in [-0.1, -0.05) is 67.5 Å². The summed E-state index contributed by atoms with van der Waals surface area (Å²) in [6, 6.07) is -6.91. The lowest BCUT2D eigenvalue weighted by Gasteiger charge is -2.30. The van der Waals surface area contributed by atoms with Crippen molar-refractivity contribution in [2.45, 2.75) is 155 Å². The first kappa shape index (κ1) is 61.2. The third-order valence-electron chi connectivity index (χ3n) is 12.1. The third kappa shape index (κ3) is 19.0. The van der Waals surface area contributed by atoms with E-state index in [0.29, 0.717) is 17.7 Å². The minimum absolute atomic E-state index is 0.0668. The number of hydrogen-bond acceptors (Lipinski definition) is 14. The van der Waals surface area contributed by atoms with E-state index >= 15 is 0 Å². The molecule has 0 radical (unpaired) electrons. The Bertz CT molecular complexity index is 2260. The number of hydrogen-bond donors (Lipinski definition) is 13. The number of phenols is 1. The van der Waals surface area contributed by atoms with Gasteiger partial charge in [-0.15, -0.1) is 0 Å². The van der Waals surface area contributed by atoms with Crippen LogP contribution in [0.5, 0.6) is 5.75 Å². The van der Waals surface area contributed by atoms with Gasteiger partial charge in [0.2, 0.25) is 47.3 Å². The number of carbonyl (C=O) groups excluding carboxylic acids is 8. The van der Waals surface area contributed by atoms with Gasteiger partial charge < -0.3 is 73.3 Å². The molecule has 1 aromatic carbocycles. The van der Waals surface area contributed by atoms with Gasteiger partial charge in [0.15, 0.2) is 0 Å². The normalized spacial score (nSPS) is 16.7. The van der Waals surface area contributed by atoms with Gasteiger partial charge in [0, 0.05) is 31.3 Å². The third-order valence-corrected chi connectivity index (χ3v) is 12.1. The number of aliphatic hydroxyl groups excluding tert-OH is 1. The van der Waals surface area contributed by atoms with E-state index < -0.39 is 138 Å². The molecule has 25 nitrogen and oxygen atoms in total. The lowest BCUT2D eigenvalue weighted by Crippen LogP contribution is -2.62. The summed E-state index contributed by atoms with van der Waals surface area (Å²) in [6.07, 6.45) is 2.58. The largest absolute Gasteiger partial charge is 0.508 e. The van der Waals surface area contributed by atoms with Gasteiger partial charge in [0.1, 0.15) is 54.1 Å². The molecule has 0 bridgehead atoms. The molecule has 3 rings (SSSR count). The summed E-state index contributed by atoms with van der Waals surface area (Å²) >= 11 is 0. The van der Waals surface area contributed by atoms with E-state index in [-0.39, 0.29) is 56.2 Å². The number of amides is 8. The van der Waals surface area contributed by atoms with Crippen molar-refractivity contribution in [2.75, 3.05) is 13.2 Å². The van der Waals surface area contributed by atoms with Gasteiger partial charge in [0.25, 0.3) is 0 Å². The van der Waals surface area contributed by atoms with Crippen LogP contribution in [-0.2, 0) is 60.8 Å². The van der Waals surface area contributed by atoms with Gasteiger partial charge in [-0.2, -0.15) is 0 Å². The smallest absolute Gasteiger partial charge is 0.326 e. The van der Waals surface area contributed by atoms with Crippen LogP contribution in [0.15, 0.2) is 36.8 Å². The SMILES string of the molecule is CC(C)C[C@H](NC(=O)[C@H](CC(C)C)NC(=O)[C@@H](NC(=O)[C@@H](NC(=O)[C@H](CO)NC(=O)[C@H](Cc1ccc(O)cc1)NC(=O)[C@H](CC(=O)O)NC(=O)[C@@H]1CCCN1C(=O)[C@@H](N)Cc1cnc[nH]1)C(C)C)C(C)C)C(=O)O. The topological polar surface area (TPSA) is 394 Å². The van der Waals surface area contributed by atoms with Crippen molar-refractivity contribution < 1.29 is 68.4 Å². The minimum atomic E-state index is -1.79. The number of aromatic nitrogens is 2. The number of carbonyl (C=O) groups is 10. The Morgan fingerprint density at radius 1 is 0.662 bits per heavy atom. The first-order valence-electron chi connectivity index (χ1n) is 24.7. The summed E-state index contributed by atoms with van der Waals surface area (Å²) in [5.41, 5.74) is 7.12. The Morgan fingerprint density at radius 3 is 1.69 bits per heavy atom. The number of aromatic hydroxyl groups is 1. The molecule has 0 unspecified atom stereocenters. The van der Waals surface area contributed by atoms with Crippen molar-refractivity contribution in [1.82, 2.24) is 52.1 Å². The number of carboxylic acids is 2. The van der Waals surface area contributed by atoms with Crippen molar-refractivity contribution in [2.24, 2.45) is 29.4 Å². The minimum Gasteiger partial charge on any atom is -0.508 e. The Labute approximate surface area is 429 Å². The van der Waals surface area contributed by atoms with Crippen molar-refractivity contribution in [3.8, 4) is 5.75 Å². The van der Waals surface area contributed by atoms with Crippen LogP contribution in [0.1, 0.15) is 98.8 Å². The molecule has 25 heteroatoms. The van der Waals surface area contributed by atoms with E-state index in [1.54, 1.807) is 55.4 Å². The molecule has 9 atom stereocenters. The zero-order valence-corrected chi connectivity index (χ0v) is 43.2. The van der Waals surface area contributed by atoms with Crippen LogP contribution < -0.4 is 43.0 Å².